The highest BCUT2D eigenvalue weighted by molar-refractivity contribution is 9.10. The molecule has 0 amide bonds. The van der Waals surface area contributed by atoms with Gasteiger partial charge in [0.25, 0.3) is 5.76 Å². The predicted molar refractivity (Wildman–Crippen MR) is 35.6 cm³/mol. The lowest BCUT2D eigenvalue weighted by molar-refractivity contribution is 0.0653. The van der Waals surface area contributed by atoms with E-state index in [2.05, 4.69) is 25.6 Å². The maximum absolute atomic E-state index is 10.2. The van der Waals surface area contributed by atoms with Crippen LogP contribution in [0.25, 0.3) is 0 Å². The summed E-state index contributed by atoms with van der Waals surface area (Å²) in [6, 6.07) is 0. The number of aromatic nitrogens is 1. The zero-order chi connectivity index (χ0) is 7.72. The summed E-state index contributed by atoms with van der Waals surface area (Å²) < 4.78 is 4.55. The van der Waals surface area contributed by atoms with E-state index in [0.29, 0.717) is 0 Å². The molecule has 1 aromatic heterocycles. The van der Waals surface area contributed by atoms with Gasteiger partial charge >= 0.3 is 5.97 Å². The van der Waals surface area contributed by atoms with E-state index in [-0.39, 0.29) is 16.1 Å². The van der Waals surface area contributed by atoms with Crippen LogP contribution in [0, 0.1) is 0 Å². The minimum absolute atomic E-state index is 0.00694. The SMILES string of the molecule is Nc1c(Br)noc1C(=O)O. The van der Waals surface area contributed by atoms with Crippen LogP contribution < -0.4 is 5.73 Å². The predicted octanol–water partition coefficient (Wildman–Crippen LogP) is 0.718. The molecule has 6 heteroatoms. The Bertz CT molecular complexity index is 269. The molecule has 0 bridgehead atoms. The second-order valence-corrected chi connectivity index (χ2v) is 2.27. The third-order valence-electron chi connectivity index (χ3n) is 0.878. The molecule has 0 atom stereocenters. The van der Waals surface area contributed by atoms with E-state index in [9.17, 15) is 4.79 Å². The number of hydrogen-bond acceptors (Lipinski definition) is 4. The molecule has 0 aliphatic heterocycles. The fourth-order valence-corrected chi connectivity index (χ4v) is 0.684. The molecule has 0 aliphatic rings. The summed E-state index contributed by atoms with van der Waals surface area (Å²) in [7, 11) is 0. The van der Waals surface area contributed by atoms with E-state index in [1.54, 1.807) is 0 Å². The van der Waals surface area contributed by atoms with Gasteiger partial charge in [0.1, 0.15) is 5.69 Å². The molecule has 0 saturated heterocycles. The van der Waals surface area contributed by atoms with Gasteiger partial charge in [-0.2, -0.15) is 0 Å². The Morgan fingerprint density at radius 1 is 1.80 bits per heavy atom. The van der Waals surface area contributed by atoms with E-state index in [1.165, 1.54) is 0 Å². The monoisotopic (exact) mass is 206 g/mol. The van der Waals surface area contributed by atoms with Crippen molar-refractivity contribution in [2.75, 3.05) is 5.73 Å². The molecule has 3 N–H and O–H groups in total. The molecular formula is C4H3BrN2O3. The third-order valence-corrected chi connectivity index (χ3v) is 1.45. The zero-order valence-corrected chi connectivity index (χ0v) is 6.25. The first-order valence-electron chi connectivity index (χ1n) is 2.27. The van der Waals surface area contributed by atoms with Gasteiger partial charge in [-0.05, 0) is 15.9 Å². The Morgan fingerprint density at radius 3 is 2.60 bits per heavy atom. The molecule has 54 valence electrons. The lowest BCUT2D eigenvalue weighted by Crippen LogP contribution is -1.98. The van der Waals surface area contributed by atoms with Gasteiger partial charge in [-0.15, -0.1) is 0 Å². The lowest BCUT2D eigenvalue weighted by atomic mass is 10.4. The Labute approximate surface area is 63.9 Å². The Balaban J connectivity index is 3.17. The number of aromatic carboxylic acids is 1. The number of nitrogen functional groups attached to an aromatic ring is 1. The molecule has 0 saturated carbocycles. The first-order chi connectivity index (χ1) is 4.63. The number of carboxylic acid groups (broad SMARTS) is 1. The molecule has 0 radical (unpaired) electrons. The number of rotatable bonds is 1. The van der Waals surface area contributed by atoms with E-state index < -0.39 is 5.97 Å². The third kappa shape index (κ3) is 0.971. The number of anilines is 1. The van der Waals surface area contributed by atoms with Crippen LogP contribution in [0.3, 0.4) is 0 Å². The summed E-state index contributed by atoms with van der Waals surface area (Å²) in [5.74, 6) is -1.57. The molecule has 10 heavy (non-hydrogen) atoms. The first-order valence-corrected chi connectivity index (χ1v) is 3.06. The smallest absolute Gasteiger partial charge is 0.376 e. The second-order valence-electron chi connectivity index (χ2n) is 1.52. The Hall–Kier alpha value is -1.04. The van der Waals surface area contributed by atoms with Crippen molar-refractivity contribution in [3.63, 3.8) is 0 Å². The molecule has 5 nitrogen and oxygen atoms in total. The molecular weight excluding hydrogens is 204 g/mol. The van der Waals surface area contributed by atoms with Gasteiger partial charge in [-0.1, -0.05) is 5.16 Å². The van der Waals surface area contributed by atoms with Gasteiger partial charge in [0.05, 0.1) is 0 Å². The standard InChI is InChI=1S/C4H3BrN2O3/c5-3-1(6)2(4(8)9)10-7-3/h6H2,(H,8,9). The maximum Gasteiger partial charge on any atom is 0.376 e. The summed E-state index contributed by atoms with van der Waals surface area (Å²) >= 11 is 2.89. The maximum atomic E-state index is 10.2. The van der Waals surface area contributed by atoms with E-state index in [0.717, 1.165) is 0 Å². The molecule has 0 unspecified atom stereocenters. The number of halogens is 1. The molecule has 0 aliphatic carbocycles. The average molecular weight is 207 g/mol. The van der Waals surface area contributed by atoms with Crippen LogP contribution in [-0.2, 0) is 0 Å². The van der Waals surface area contributed by atoms with Crippen molar-refractivity contribution in [2.24, 2.45) is 0 Å². The summed E-state index contributed by atoms with van der Waals surface area (Å²) in [5, 5.41) is 11.6. The molecule has 0 fully saturated rings. The number of carbonyl (C=O) groups is 1. The molecule has 1 aromatic rings. The van der Waals surface area contributed by atoms with E-state index >= 15 is 0 Å². The molecule has 0 spiro atoms. The second kappa shape index (κ2) is 2.30. The van der Waals surface area contributed by atoms with Crippen molar-refractivity contribution in [2.45, 2.75) is 0 Å². The van der Waals surface area contributed by atoms with Crippen molar-refractivity contribution in [3.05, 3.63) is 10.4 Å². The number of nitrogens with two attached hydrogens (primary N) is 1. The number of hydrogen-bond donors (Lipinski definition) is 2. The summed E-state index contributed by atoms with van der Waals surface area (Å²) in [5.41, 5.74) is 5.23. The van der Waals surface area contributed by atoms with Crippen LogP contribution in [0.15, 0.2) is 9.13 Å². The van der Waals surface area contributed by atoms with Crippen molar-refractivity contribution in [3.8, 4) is 0 Å². The van der Waals surface area contributed by atoms with E-state index in [1.807, 2.05) is 0 Å². The fourth-order valence-electron chi connectivity index (χ4n) is 0.432. The van der Waals surface area contributed by atoms with E-state index in [4.69, 9.17) is 10.8 Å². The first kappa shape index (κ1) is 7.07. The van der Waals surface area contributed by atoms with Crippen LogP contribution in [-0.4, -0.2) is 16.2 Å². The highest BCUT2D eigenvalue weighted by atomic mass is 79.9. The topological polar surface area (TPSA) is 89.4 Å². The zero-order valence-electron chi connectivity index (χ0n) is 4.67. The van der Waals surface area contributed by atoms with Gasteiger partial charge in [0.2, 0.25) is 0 Å². The Kier molecular flexibility index (Phi) is 1.62. The van der Waals surface area contributed by atoms with Crippen LogP contribution in [0.5, 0.6) is 0 Å². The number of nitrogens with zero attached hydrogens (tertiary/aromatic N) is 1. The highest BCUT2D eigenvalue weighted by Crippen LogP contribution is 2.21. The van der Waals surface area contributed by atoms with Crippen molar-refractivity contribution in [1.29, 1.82) is 0 Å². The van der Waals surface area contributed by atoms with Crippen molar-refractivity contribution in [1.82, 2.24) is 5.16 Å². The summed E-state index contributed by atoms with van der Waals surface area (Å²) in [6.07, 6.45) is 0. The minimum Gasteiger partial charge on any atom is -0.475 e. The van der Waals surface area contributed by atoms with Gasteiger partial charge in [0, 0.05) is 0 Å². The molecule has 1 rings (SSSR count). The van der Waals surface area contributed by atoms with Gasteiger partial charge < -0.3 is 15.4 Å². The van der Waals surface area contributed by atoms with Crippen LogP contribution in [0.1, 0.15) is 10.6 Å². The largest absolute Gasteiger partial charge is 0.475 e. The van der Waals surface area contributed by atoms with Crippen LogP contribution >= 0.6 is 15.9 Å². The van der Waals surface area contributed by atoms with Crippen molar-refractivity contribution < 1.29 is 14.4 Å². The molecule has 1 heterocycles. The Morgan fingerprint density at radius 2 is 2.40 bits per heavy atom. The van der Waals surface area contributed by atoms with Gasteiger partial charge in [-0.3, -0.25) is 0 Å². The quantitative estimate of drug-likeness (QED) is 0.707. The fraction of sp³-hybridized carbons (Fsp3) is 0. The normalized spacial score (nSPS) is 9.70. The average Bonchev–Trinajstić information content (AvgIpc) is 2.14. The summed E-state index contributed by atoms with van der Waals surface area (Å²) in [4.78, 5) is 10.2. The van der Waals surface area contributed by atoms with Crippen molar-refractivity contribution >= 4 is 27.6 Å². The van der Waals surface area contributed by atoms with Gasteiger partial charge in [-0.25, -0.2) is 4.79 Å². The van der Waals surface area contributed by atoms with Crippen LogP contribution in [0.2, 0.25) is 0 Å². The van der Waals surface area contributed by atoms with Crippen LogP contribution in [0.4, 0.5) is 5.69 Å². The summed E-state index contributed by atoms with van der Waals surface area (Å²) in [6.45, 7) is 0. The highest BCUT2D eigenvalue weighted by Gasteiger charge is 2.16. The molecule has 0 aromatic carbocycles. The van der Waals surface area contributed by atoms with Gasteiger partial charge in [0.15, 0.2) is 4.60 Å². The lowest BCUT2D eigenvalue weighted by Gasteiger charge is -1.84. The minimum atomic E-state index is -1.23. The number of carboxylic acids is 1.